The van der Waals surface area contributed by atoms with Gasteiger partial charge in [0.2, 0.25) is 5.91 Å². The minimum atomic E-state index is -0.896. The summed E-state index contributed by atoms with van der Waals surface area (Å²) < 4.78 is 4.65. The van der Waals surface area contributed by atoms with Crippen LogP contribution in [0.4, 0.5) is 0 Å². The number of aromatic nitrogens is 1. The van der Waals surface area contributed by atoms with Gasteiger partial charge in [-0.1, -0.05) is 0 Å². The first-order valence-electron chi connectivity index (χ1n) is 5.67. The van der Waals surface area contributed by atoms with Crippen LogP contribution in [0.25, 0.3) is 0 Å². The molecule has 5 nitrogen and oxygen atoms in total. The number of nitrogens with one attached hydrogen (secondary N) is 2. The summed E-state index contributed by atoms with van der Waals surface area (Å²) >= 11 is 0. The summed E-state index contributed by atoms with van der Waals surface area (Å²) in [5.41, 5.74) is 0.237. The maximum atomic E-state index is 11.8. The number of aromatic amines is 1. The molecule has 2 N–H and O–H groups in total. The second-order valence-electron chi connectivity index (χ2n) is 4.30. The van der Waals surface area contributed by atoms with Gasteiger partial charge < -0.3 is 15.0 Å². The minimum Gasteiger partial charge on any atom is -0.468 e. The van der Waals surface area contributed by atoms with Crippen molar-refractivity contribution in [3.63, 3.8) is 0 Å². The second-order valence-corrected chi connectivity index (χ2v) is 4.30. The molecular formula is C12H16N2O3. The average molecular weight is 236 g/mol. The van der Waals surface area contributed by atoms with Gasteiger partial charge in [-0.25, -0.2) is 0 Å². The molecule has 1 aliphatic carbocycles. The number of H-pyrrole nitrogens is 1. The van der Waals surface area contributed by atoms with Gasteiger partial charge in [0.05, 0.1) is 7.11 Å². The topological polar surface area (TPSA) is 71.2 Å². The Labute approximate surface area is 99.5 Å². The standard InChI is InChI=1S/C12H16N2O3/c1-17-11(16)12(4-5-12)10(15)14-7-3-9-2-6-13-8-9/h2,6,8,13H,3-5,7H2,1H3,(H,14,15). The van der Waals surface area contributed by atoms with Gasteiger partial charge in [-0.2, -0.15) is 0 Å². The fourth-order valence-corrected chi connectivity index (χ4v) is 1.85. The Morgan fingerprint density at radius 3 is 2.82 bits per heavy atom. The van der Waals surface area contributed by atoms with Gasteiger partial charge in [0.25, 0.3) is 0 Å². The van der Waals surface area contributed by atoms with E-state index in [0.717, 1.165) is 12.0 Å². The molecule has 1 heterocycles. The third-order valence-electron chi connectivity index (χ3n) is 3.12. The third-order valence-corrected chi connectivity index (χ3v) is 3.12. The molecule has 92 valence electrons. The maximum absolute atomic E-state index is 11.8. The number of hydrogen-bond acceptors (Lipinski definition) is 3. The van der Waals surface area contributed by atoms with Crippen molar-refractivity contribution >= 4 is 11.9 Å². The molecule has 1 aromatic heterocycles. The van der Waals surface area contributed by atoms with Crippen LogP contribution in [0.1, 0.15) is 18.4 Å². The Kier molecular flexibility index (Phi) is 3.17. The van der Waals surface area contributed by atoms with Gasteiger partial charge >= 0.3 is 5.97 Å². The summed E-state index contributed by atoms with van der Waals surface area (Å²) in [4.78, 5) is 26.2. The Bertz CT molecular complexity index is 407. The van der Waals surface area contributed by atoms with Crippen molar-refractivity contribution in [2.24, 2.45) is 5.41 Å². The Balaban J connectivity index is 1.80. The molecule has 1 aromatic rings. The molecule has 1 aliphatic rings. The highest BCUT2D eigenvalue weighted by Crippen LogP contribution is 2.46. The highest BCUT2D eigenvalue weighted by atomic mass is 16.5. The summed E-state index contributed by atoms with van der Waals surface area (Å²) in [6, 6.07) is 1.96. The zero-order valence-electron chi connectivity index (χ0n) is 9.79. The molecule has 0 aliphatic heterocycles. The quantitative estimate of drug-likeness (QED) is 0.581. The predicted octanol–water partition coefficient (Wildman–Crippen LogP) is 0.627. The Hall–Kier alpha value is -1.78. The van der Waals surface area contributed by atoms with E-state index in [1.54, 1.807) is 0 Å². The number of esters is 1. The van der Waals surface area contributed by atoms with E-state index in [9.17, 15) is 9.59 Å². The van der Waals surface area contributed by atoms with Gasteiger partial charge in [0.1, 0.15) is 5.41 Å². The fraction of sp³-hybridized carbons (Fsp3) is 0.500. The van der Waals surface area contributed by atoms with Crippen LogP contribution in [0.2, 0.25) is 0 Å². The van der Waals surface area contributed by atoms with E-state index in [2.05, 4.69) is 15.0 Å². The van der Waals surface area contributed by atoms with E-state index in [1.807, 2.05) is 18.5 Å². The average Bonchev–Trinajstić information content (AvgIpc) is 3.00. The van der Waals surface area contributed by atoms with E-state index in [1.165, 1.54) is 7.11 Å². The van der Waals surface area contributed by atoms with Crippen LogP contribution in [-0.2, 0) is 20.7 Å². The van der Waals surface area contributed by atoms with Gasteiger partial charge in [-0.15, -0.1) is 0 Å². The van der Waals surface area contributed by atoms with Crippen molar-refractivity contribution in [3.8, 4) is 0 Å². The normalized spacial score (nSPS) is 16.3. The molecule has 2 rings (SSSR count). The Morgan fingerprint density at radius 2 is 2.29 bits per heavy atom. The molecule has 0 aromatic carbocycles. The number of hydrogen-bond donors (Lipinski definition) is 2. The first-order chi connectivity index (χ1) is 8.19. The van der Waals surface area contributed by atoms with Crippen molar-refractivity contribution in [2.75, 3.05) is 13.7 Å². The zero-order chi connectivity index (χ0) is 12.3. The molecule has 1 saturated carbocycles. The van der Waals surface area contributed by atoms with Crippen molar-refractivity contribution in [1.29, 1.82) is 0 Å². The van der Waals surface area contributed by atoms with E-state index in [0.29, 0.717) is 19.4 Å². The molecule has 17 heavy (non-hydrogen) atoms. The van der Waals surface area contributed by atoms with Crippen LogP contribution < -0.4 is 5.32 Å². The van der Waals surface area contributed by atoms with Crippen molar-refractivity contribution in [2.45, 2.75) is 19.3 Å². The lowest BCUT2D eigenvalue weighted by molar-refractivity contribution is -0.152. The highest BCUT2D eigenvalue weighted by Gasteiger charge is 2.57. The number of amides is 1. The number of carbonyl (C=O) groups is 2. The monoisotopic (exact) mass is 236 g/mol. The van der Waals surface area contributed by atoms with Crippen LogP contribution >= 0.6 is 0 Å². The molecule has 0 bridgehead atoms. The van der Waals surface area contributed by atoms with Gasteiger partial charge in [0.15, 0.2) is 0 Å². The molecule has 5 heteroatoms. The van der Waals surface area contributed by atoms with Crippen LogP contribution in [-0.4, -0.2) is 30.5 Å². The summed E-state index contributed by atoms with van der Waals surface area (Å²) in [5, 5.41) is 2.79. The Morgan fingerprint density at radius 1 is 1.53 bits per heavy atom. The SMILES string of the molecule is COC(=O)C1(C(=O)NCCc2cc[nH]c2)CC1. The lowest BCUT2D eigenvalue weighted by Gasteiger charge is -2.12. The summed E-state index contributed by atoms with van der Waals surface area (Å²) in [6.07, 6.45) is 5.67. The zero-order valence-corrected chi connectivity index (χ0v) is 9.79. The highest BCUT2D eigenvalue weighted by molar-refractivity contribution is 6.05. The fourth-order valence-electron chi connectivity index (χ4n) is 1.85. The first kappa shape index (κ1) is 11.7. The predicted molar refractivity (Wildman–Crippen MR) is 61.2 cm³/mol. The maximum Gasteiger partial charge on any atom is 0.321 e. The number of rotatable bonds is 5. The third kappa shape index (κ3) is 2.33. The van der Waals surface area contributed by atoms with Crippen molar-refractivity contribution in [3.05, 3.63) is 24.0 Å². The summed E-state index contributed by atoms with van der Waals surface area (Å²) in [5.74, 6) is -0.628. The van der Waals surface area contributed by atoms with Crippen molar-refractivity contribution < 1.29 is 14.3 Å². The van der Waals surface area contributed by atoms with Crippen LogP contribution in [0.5, 0.6) is 0 Å². The van der Waals surface area contributed by atoms with Crippen molar-refractivity contribution in [1.82, 2.24) is 10.3 Å². The molecule has 0 unspecified atom stereocenters. The van der Waals surface area contributed by atoms with Crippen LogP contribution in [0, 0.1) is 5.41 Å². The van der Waals surface area contributed by atoms with E-state index in [4.69, 9.17) is 0 Å². The number of ether oxygens (including phenoxy) is 1. The van der Waals surface area contributed by atoms with Crippen LogP contribution in [0.15, 0.2) is 18.5 Å². The number of carbonyl (C=O) groups excluding carboxylic acids is 2. The molecule has 0 spiro atoms. The summed E-state index contributed by atoms with van der Waals surface area (Å²) in [7, 11) is 1.31. The molecular weight excluding hydrogens is 220 g/mol. The summed E-state index contributed by atoms with van der Waals surface area (Å²) in [6.45, 7) is 0.537. The second kappa shape index (κ2) is 4.61. The number of methoxy groups -OCH3 is 1. The van der Waals surface area contributed by atoms with E-state index < -0.39 is 11.4 Å². The van der Waals surface area contributed by atoms with Gasteiger partial charge in [-0.3, -0.25) is 9.59 Å². The largest absolute Gasteiger partial charge is 0.468 e. The molecule has 1 amide bonds. The molecule has 0 radical (unpaired) electrons. The molecule has 0 atom stereocenters. The minimum absolute atomic E-state index is 0.208. The van der Waals surface area contributed by atoms with E-state index >= 15 is 0 Å². The molecule has 1 fully saturated rings. The van der Waals surface area contributed by atoms with E-state index in [-0.39, 0.29) is 5.91 Å². The first-order valence-corrected chi connectivity index (χ1v) is 5.67. The van der Waals surface area contributed by atoms with Gasteiger partial charge in [0, 0.05) is 18.9 Å². The lowest BCUT2D eigenvalue weighted by Crippen LogP contribution is -2.38. The molecule has 0 saturated heterocycles. The smallest absolute Gasteiger partial charge is 0.321 e. The van der Waals surface area contributed by atoms with Crippen LogP contribution in [0.3, 0.4) is 0 Å². The van der Waals surface area contributed by atoms with Gasteiger partial charge in [-0.05, 0) is 30.9 Å². The lowest BCUT2D eigenvalue weighted by atomic mass is 10.1.